The predicted octanol–water partition coefficient (Wildman–Crippen LogP) is 2.50. The molecule has 2 fully saturated rings. The zero-order valence-corrected chi connectivity index (χ0v) is 14.4. The minimum Gasteiger partial charge on any atom is -0.484 e. The fourth-order valence-corrected chi connectivity index (χ4v) is 3.62. The molecule has 0 radical (unpaired) electrons. The van der Waals surface area contributed by atoms with Crippen LogP contribution in [0.15, 0.2) is 24.3 Å². The number of nitrogens with zero attached hydrogens (tertiary/aromatic N) is 1. The molecule has 1 aromatic rings. The Hall–Kier alpha value is -2.11. The van der Waals surface area contributed by atoms with Gasteiger partial charge in [-0.1, -0.05) is 12.8 Å². The first-order valence-corrected chi connectivity index (χ1v) is 9.08. The molecule has 1 N–H and O–H groups in total. The molecule has 0 bridgehead atoms. The van der Waals surface area contributed by atoms with Gasteiger partial charge < -0.3 is 15.0 Å². The summed E-state index contributed by atoms with van der Waals surface area (Å²) in [6, 6.07) is 5.66. The average Bonchev–Trinajstić information content (AvgIpc) is 3.16. The van der Waals surface area contributed by atoms with Crippen LogP contribution < -0.4 is 10.1 Å². The largest absolute Gasteiger partial charge is 0.484 e. The van der Waals surface area contributed by atoms with E-state index in [0.29, 0.717) is 24.7 Å². The second kappa shape index (κ2) is 8.32. The second-order valence-electron chi connectivity index (χ2n) is 6.89. The molecule has 0 spiro atoms. The molecular formula is C19H25FN2O3. The van der Waals surface area contributed by atoms with Crippen LogP contribution in [0.2, 0.25) is 0 Å². The first-order chi connectivity index (χ1) is 12.1. The highest BCUT2D eigenvalue weighted by atomic mass is 19.1. The molecule has 1 aliphatic carbocycles. The minimum atomic E-state index is -0.337. The maximum Gasteiger partial charge on any atom is 0.258 e. The van der Waals surface area contributed by atoms with Crippen molar-refractivity contribution in [3.05, 3.63) is 30.1 Å². The van der Waals surface area contributed by atoms with E-state index in [2.05, 4.69) is 5.32 Å². The van der Waals surface area contributed by atoms with Crippen LogP contribution in [0, 0.1) is 11.7 Å². The van der Waals surface area contributed by atoms with Crippen LogP contribution in [-0.2, 0) is 9.59 Å². The van der Waals surface area contributed by atoms with Crippen molar-refractivity contribution in [1.82, 2.24) is 10.2 Å². The Morgan fingerprint density at radius 2 is 1.72 bits per heavy atom. The third-order valence-corrected chi connectivity index (χ3v) is 5.06. The fraction of sp³-hybridized carbons (Fsp3) is 0.579. The maximum atomic E-state index is 12.8. The standard InChI is InChI=1S/C19H25FN2O3/c20-15-5-7-17(8-6-15)25-13-18(23)21-16-9-11-22(12-10-16)19(24)14-3-1-2-4-14/h5-8,14,16H,1-4,9-13H2,(H,21,23). The molecule has 136 valence electrons. The molecule has 0 aromatic heterocycles. The Kier molecular flexibility index (Phi) is 5.89. The van der Waals surface area contributed by atoms with Crippen molar-refractivity contribution in [3.8, 4) is 5.75 Å². The molecule has 1 saturated heterocycles. The normalized spacial score (nSPS) is 19.0. The Morgan fingerprint density at radius 3 is 2.36 bits per heavy atom. The van der Waals surface area contributed by atoms with Gasteiger partial charge in [-0.05, 0) is 49.9 Å². The van der Waals surface area contributed by atoms with Gasteiger partial charge in [0.1, 0.15) is 11.6 Å². The number of likely N-dealkylation sites (tertiary alicyclic amines) is 1. The SMILES string of the molecule is O=C(COc1ccc(F)cc1)NC1CCN(C(=O)C2CCCC2)CC1. The van der Waals surface area contributed by atoms with Gasteiger partial charge in [-0.2, -0.15) is 0 Å². The zero-order chi connectivity index (χ0) is 17.6. The summed E-state index contributed by atoms with van der Waals surface area (Å²) in [6.07, 6.45) is 5.93. The van der Waals surface area contributed by atoms with Gasteiger partial charge in [-0.15, -0.1) is 0 Å². The van der Waals surface area contributed by atoms with E-state index in [1.807, 2.05) is 4.90 Å². The van der Waals surface area contributed by atoms with E-state index in [1.165, 1.54) is 24.3 Å². The summed E-state index contributed by atoms with van der Waals surface area (Å²) < 4.78 is 18.2. The number of benzene rings is 1. The highest BCUT2D eigenvalue weighted by molar-refractivity contribution is 5.79. The van der Waals surface area contributed by atoms with Crippen molar-refractivity contribution in [2.45, 2.75) is 44.6 Å². The lowest BCUT2D eigenvalue weighted by molar-refractivity contribution is -0.136. The summed E-state index contributed by atoms with van der Waals surface area (Å²) in [5, 5.41) is 2.95. The van der Waals surface area contributed by atoms with Crippen molar-refractivity contribution in [2.75, 3.05) is 19.7 Å². The smallest absolute Gasteiger partial charge is 0.258 e. The van der Waals surface area contributed by atoms with Gasteiger partial charge in [-0.3, -0.25) is 9.59 Å². The predicted molar refractivity (Wildman–Crippen MR) is 91.6 cm³/mol. The number of hydrogen-bond acceptors (Lipinski definition) is 3. The molecule has 0 unspecified atom stereocenters. The molecule has 1 aromatic carbocycles. The molecule has 1 saturated carbocycles. The quantitative estimate of drug-likeness (QED) is 0.889. The van der Waals surface area contributed by atoms with Crippen LogP contribution in [0.1, 0.15) is 38.5 Å². The number of carbonyl (C=O) groups excluding carboxylic acids is 2. The summed E-state index contributed by atoms with van der Waals surface area (Å²) >= 11 is 0. The first-order valence-electron chi connectivity index (χ1n) is 9.08. The highest BCUT2D eigenvalue weighted by Crippen LogP contribution is 2.27. The van der Waals surface area contributed by atoms with Gasteiger partial charge in [0.2, 0.25) is 5.91 Å². The molecule has 2 amide bonds. The average molecular weight is 348 g/mol. The second-order valence-corrected chi connectivity index (χ2v) is 6.89. The first kappa shape index (κ1) is 17.7. The lowest BCUT2D eigenvalue weighted by atomic mass is 10.0. The van der Waals surface area contributed by atoms with Crippen molar-refractivity contribution in [2.24, 2.45) is 5.92 Å². The Labute approximate surface area is 147 Å². The number of amides is 2. The van der Waals surface area contributed by atoms with E-state index in [1.54, 1.807) is 0 Å². The van der Waals surface area contributed by atoms with Gasteiger partial charge in [0, 0.05) is 25.0 Å². The summed E-state index contributed by atoms with van der Waals surface area (Å²) in [7, 11) is 0. The van der Waals surface area contributed by atoms with Crippen LogP contribution in [0.25, 0.3) is 0 Å². The van der Waals surface area contributed by atoms with Crippen LogP contribution in [0.4, 0.5) is 4.39 Å². The molecular weight excluding hydrogens is 323 g/mol. The van der Waals surface area contributed by atoms with E-state index < -0.39 is 0 Å². The van der Waals surface area contributed by atoms with Crippen LogP contribution >= 0.6 is 0 Å². The van der Waals surface area contributed by atoms with Crippen molar-refractivity contribution >= 4 is 11.8 Å². The summed E-state index contributed by atoms with van der Waals surface area (Å²) in [5.41, 5.74) is 0. The molecule has 5 nitrogen and oxygen atoms in total. The molecule has 1 heterocycles. The van der Waals surface area contributed by atoms with Gasteiger partial charge in [0.25, 0.3) is 5.91 Å². The van der Waals surface area contributed by atoms with Crippen molar-refractivity contribution in [1.29, 1.82) is 0 Å². The fourth-order valence-electron chi connectivity index (χ4n) is 3.62. The molecule has 3 rings (SSSR count). The van der Waals surface area contributed by atoms with Crippen molar-refractivity contribution in [3.63, 3.8) is 0 Å². The van der Waals surface area contributed by atoms with E-state index in [9.17, 15) is 14.0 Å². The number of piperidine rings is 1. The Morgan fingerprint density at radius 1 is 1.08 bits per heavy atom. The number of ether oxygens (including phenoxy) is 1. The maximum absolute atomic E-state index is 12.8. The van der Waals surface area contributed by atoms with Gasteiger partial charge >= 0.3 is 0 Å². The summed E-state index contributed by atoms with van der Waals surface area (Å²) in [4.78, 5) is 26.3. The van der Waals surface area contributed by atoms with E-state index in [-0.39, 0.29) is 30.3 Å². The van der Waals surface area contributed by atoms with Gasteiger partial charge in [0.15, 0.2) is 6.61 Å². The van der Waals surface area contributed by atoms with Crippen molar-refractivity contribution < 1.29 is 18.7 Å². The van der Waals surface area contributed by atoms with Gasteiger partial charge in [-0.25, -0.2) is 4.39 Å². The summed E-state index contributed by atoms with van der Waals surface area (Å²) in [5.74, 6) is 0.450. The van der Waals surface area contributed by atoms with Crippen LogP contribution in [0.5, 0.6) is 5.75 Å². The highest BCUT2D eigenvalue weighted by Gasteiger charge is 2.30. The number of halogens is 1. The third-order valence-electron chi connectivity index (χ3n) is 5.06. The number of hydrogen-bond donors (Lipinski definition) is 1. The molecule has 25 heavy (non-hydrogen) atoms. The van der Waals surface area contributed by atoms with E-state index in [4.69, 9.17) is 4.74 Å². The number of nitrogens with one attached hydrogen (secondary N) is 1. The molecule has 6 heteroatoms. The van der Waals surface area contributed by atoms with E-state index in [0.717, 1.165) is 38.5 Å². The lowest BCUT2D eigenvalue weighted by Crippen LogP contribution is -2.48. The number of rotatable bonds is 5. The Balaban J connectivity index is 1.37. The monoisotopic (exact) mass is 348 g/mol. The topological polar surface area (TPSA) is 58.6 Å². The number of carbonyl (C=O) groups is 2. The Bertz CT molecular complexity index is 591. The molecule has 2 aliphatic rings. The van der Waals surface area contributed by atoms with Crippen LogP contribution in [0.3, 0.4) is 0 Å². The summed E-state index contributed by atoms with van der Waals surface area (Å²) in [6.45, 7) is 1.32. The van der Waals surface area contributed by atoms with E-state index >= 15 is 0 Å². The minimum absolute atomic E-state index is 0.0805. The zero-order valence-electron chi connectivity index (χ0n) is 14.4. The van der Waals surface area contributed by atoms with Gasteiger partial charge in [0.05, 0.1) is 0 Å². The molecule has 1 aliphatic heterocycles. The lowest BCUT2D eigenvalue weighted by Gasteiger charge is -2.33. The van der Waals surface area contributed by atoms with Crippen LogP contribution in [-0.4, -0.2) is 42.5 Å². The third kappa shape index (κ3) is 4.94. The molecule has 0 atom stereocenters.